The summed E-state index contributed by atoms with van der Waals surface area (Å²) in [5, 5.41) is 23.4. The Morgan fingerprint density at radius 2 is 1.44 bits per heavy atom. The van der Waals surface area contributed by atoms with Crippen molar-refractivity contribution in [1.29, 1.82) is 0 Å². The topological polar surface area (TPSA) is 139 Å². The first-order valence-corrected chi connectivity index (χ1v) is 12.2. The number of nitrogens with one attached hydrogen (secondary N) is 3. The molecule has 0 bridgehead atoms. The van der Waals surface area contributed by atoms with Crippen molar-refractivity contribution in [3.05, 3.63) is 125 Å². The summed E-state index contributed by atoms with van der Waals surface area (Å²) in [6, 6.07) is 30.8. The molecule has 0 spiro atoms. The van der Waals surface area contributed by atoms with Crippen molar-refractivity contribution in [2.24, 2.45) is 25.3 Å². The third kappa shape index (κ3) is 7.12. The van der Waals surface area contributed by atoms with Gasteiger partial charge in [0.15, 0.2) is 0 Å². The average molecular weight is 536 g/mol. The van der Waals surface area contributed by atoms with E-state index >= 15 is 0 Å². The summed E-state index contributed by atoms with van der Waals surface area (Å²) < 4.78 is 0. The van der Waals surface area contributed by atoms with Crippen LogP contribution in [0.1, 0.15) is 5.56 Å². The summed E-state index contributed by atoms with van der Waals surface area (Å²) in [7, 11) is 0. The molecule has 0 aliphatic rings. The van der Waals surface area contributed by atoms with E-state index in [-0.39, 0.29) is 11.7 Å². The maximum atomic E-state index is 10.3. The molecule has 0 fully saturated rings. The summed E-state index contributed by atoms with van der Waals surface area (Å²) in [4.78, 5) is 19.7. The van der Waals surface area contributed by atoms with Crippen LogP contribution in [0.2, 0.25) is 5.02 Å². The molecule has 11 heteroatoms. The lowest BCUT2D eigenvalue weighted by atomic mass is 10.2. The molecule has 4 aromatic carbocycles. The lowest BCUT2D eigenvalue weighted by Crippen LogP contribution is -2.28. The van der Waals surface area contributed by atoms with Crippen LogP contribution in [0, 0.1) is 0 Å². The van der Waals surface area contributed by atoms with Crippen molar-refractivity contribution < 1.29 is 5.11 Å². The van der Waals surface area contributed by atoms with Gasteiger partial charge in [0.1, 0.15) is 11.4 Å². The normalized spacial score (nSPS) is 12.4. The minimum Gasteiger partial charge on any atom is -0.507 e. The first-order chi connectivity index (χ1) is 19.1. The fourth-order valence-electron chi connectivity index (χ4n) is 3.34. The molecule has 0 saturated heterocycles. The predicted molar refractivity (Wildman–Crippen MR) is 151 cm³/mol. The van der Waals surface area contributed by atoms with Crippen LogP contribution in [0.4, 0.5) is 28.7 Å². The van der Waals surface area contributed by atoms with Gasteiger partial charge in [-0.3, -0.25) is 9.97 Å². The van der Waals surface area contributed by atoms with Gasteiger partial charge in [-0.25, -0.2) is 15.4 Å². The number of benzene rings is 4. The Morgan fingerprint density at radius 3 is 2.18 bits per heavy atom. The quantitative estimate of drug-likeness (QED) is 0.108. The van der Waals surface area contributed by atoms with Gasteiger partial charge >= 0.3 is 0 Å². The van der Waals surface area contributed by atoms with Crippen molar-refractivity contribution in [2.45, 2.75) is 0 Å². The van der Waals surface area contributed by atoms with Gasteiger partial charge in [0.2, 0.25) is 17.2 Å². The number of hydrogen-bond donors (Lipinski definition) is 4. The van der Waals surface area contributed by atoms with Crippen molar-refractivity contribution in [3.8, 4) is 5.75 Å². The highest BCUT2D eigenvalue weighted by molar-refractivity contribution is 6.32. The van der Waals surface area contributed by atoms with E-state index in [0.717, 1.165) is 11.4 Å². The number of nitrogens with zero attached hydrogens (tertiary/aromatic N) is 6. The Kier molecular flexibility index (Phi) is 7.96. The van der Waals surface area contributed by atoms with E-state index in [1.54, 1.807) is 24.3 Å². The summed E-state index contributed by atoms with van der Waals surface area (Å²) in [6.45, 7) is 0. The number of anilines is 1. The zero-order chi connectivity index (χ0) is 26.9. The molecule has 192 valence electrons. The number of hydrogen-bond acceptors (Lipinski definition) is 8. The SMILES string of the molecule is Oc1ccc(N=Nc2ccccc2Cl)cc1/C=N\Nc1nc(=Nc2ccccc2)[nH]c(=Nc2ccccc2)[nH]1. The molecule has 5 rings (SSSR count). The highest BCUT2D eigenvalue weighted by Gasteiger charge is 2.02. The average Bonchev–Trinajstić information content (AvgIpc) is 2.95. The highest BCUT2D eigenvalue weighted by atomic mass is 35.5. The molecule has 10 nitrogen and oxygen atoms in total. The van der Waals surface area contributed by atoms with Gasteiger partial charge in [-0.2, -0.15) is 15.2 Å². The fourth-order valence-corrected chi connectivity index (χ4v) is 3.52. The number of aromatic amines is 2. The second-order valence-corrected chi connectivity index (χ2v) is 8.45. The number of para-hydroxylation sites is 2. The molecule has 0 radical (unpaired) electrons. The smallest absolute Gasteiger partial charge is 0.233 e. The van der Waals surface area contributed by atoms with Crippen LogP contribution in [0.15, 0.2) is 128 Å². The van der Waals surface area contributed by atoms with Gasteiger partial charge in [-0.05, 0) is 54.6 Å². The zero-order valence-electron chi connectivity index (χ0n) is 20.4. The number of phenolic OH excluding ortho intramolecular Hbond substituents is 1. The zero-order valence-corrected chi connectivity index (χ0v) is 21.2. The third-order valence-corrected chi connectivity index (χ3v) is 5.50. The Balaban J connectivity index is 1.42. The van der Waals surface area contributed by atoms with Crippen molar-refractivity contribution in [3.63, 3.8) is 0 Å². The highest BCUT2D eigenvalue weighted by Crippen LogP contribution is 2.27. The van der Waals surface area contributed by atoms with Crippen molar-refractivity contribution in [2.75, 3.05) is 5.43 Å². The number of phenols is 1. The van der Waals surface area contributed by atoms with Crippen LogP contribution < -0.4 is 16.7 Å². The van der Waals surface area contributed by atoms with Gasteiger partial charge in [-0.1, -0.05) is 60.1 Å². The molecular formula is C28H22ClN9O. The monoisotopic (exact) mass is 535 g/mol. The van der Waals surface area contributed by atoms with Crippen LogP contribution in [0.25, 0.3) is 0 Å². The van der Waals surface area contributed by atoms with E-state index in [1.165, 1.54) is 12.3 Å². The van der Waals surface area contributed by atoms with Crippen molar-refractivity contribution in [1.82, 2.24) is 15.0 Å². The van der Waals surface area contributed by atoms with E-state index in [2.05, 4.69) is 45.7 Å². The standard InChI is InChI=1S/C28H22ClN9O/c29-23-13-7-8-14-24(23)37-36-22-15-16-25(39)19(17-22)18-30-38-28-34-26(31-20-9-3-1-4-10-20)33-27(35-28)32-21-11-5-2-6-12-21/h1-18,39H,(H3,31,32,33,34,35,38)/b30-18-,37-36?. The molecule has 0 unspecified atom stereocenters. The van der Waals surface area contributed by atoms with Crippen LogP contribution in [-0.2, 0) is 0 Å². The number of hydrazone groups is 1. The molecule has 1 aromatic heterocycles. The fraction of sp³-hybridized carbons (Fsp3) is 0. The predicted octanol–water partition coefficient (Wildman–Crippen LogP) is 6.42. The third-order valence-electron chi connectivity index (χ3n) is 5.18. The van der Waals surface area contributed by atoms with E-state index in [0.29, 0.717) is 33.2 Å². The molecule has 39 heavy (non-hydrogen) atoms. The summed E-state index contributed by atoms with van der Waals surface area (Å²) in [6.07, 6.45) is 1.44. The Morgan fingerprint density at radius 1 is 0.744 bits per heavy atom. The molecule has 4 N–H and O–H groups in total. The molecule has 0 aliphatic carbocycles. The van der Waals surface area contributed by atoms with Crippen LogP contribution >= 0.6 is 11.6 Å². The Labute approximate surface area is 227 Å². The maximum Gasteiger partial charge on any atom is 0.233 e. The van der Waals surface area contributed by atoms with Gasteiger partial charge < -0.3 is 5.11 Å². The van der Waals surface area contributed by atoms with E-state index in [4.69, 9.17) is 11.6 Å². The molecule has 0 amide bonds. The maximum absolute atomic E-state index is 10.3. The lowest BCUT2D eigenvalue weighted by Gasteiger charge is -2.02. The molecule has 0 atom stereocenters. The lowest BCUT2D eigenvalue weighted by molar-refractivity contribution is 0.474. The molecule has 1 heterocycles. The number of halogens is 1. The summed E-state index contributed by atoms with van der Waals surface area (Å²) >= 11 is 6.14. The minimum atomic E-state index is 0.0233. The van der Waals surface area contributed by atoms with E-state index < -0.39 is 0 Å². The Hall–Kier alpha value is -5.35. The summed E-state index contributed by atoms with van der Waals surface area (Å²) in [5.41, 5.74) is 6.50. The van der Waals surface area contributed by atoms with Gasteiger partial charge in [0.05, 0.1) is 28.3 Å². The first kappa shape index (κ1) is 25.3. The minimum absolute atomic E-state index is 0.0233. The van der Waals surface area contributed by atoms with E-state index in [1.807, 2.05) is 72.8 Å². The second kappa shape index (κ2) is 12.3. The van der Waals surface area contributed by atoms with Crippen LogP contribution in [0.3, 0.4) is 0 Å². The van der Waals surface area contributed by atoms with Crippen LogP contribution in [-0.4, -0.2) is 26.3 Å². The number of aromatic hydroxyl groups is 1. The molecule has 0 saturated carbocycles. The molecule has 5 aromatic rings. The second-order valence-electron chi connectivity index (χ2n) is 8.04. The van der Waals surface area contributed by atoms with Crippen molar-refractivity contribution >= 4 is 46.5 Å². The van der Waals surface area contributed by atoms with Crippen LogP contribution in [0.5, 0.6) is 5.75 Å². The van der Waals surface area contributed by atoms with Gasteiger partial charge in [0, 0.05) is 5.56 Å². The number of azo groups is 1. The number of H-pyrrole nitrogens is 2. The molecular weight excluding hydrogens is 514 g/mol. The van der Waals surface area contributed by atoms with Gasteiger partial charge in [0.25, 0.3) is 0 Å². The Bertz CT molecular complexity index is 1690. The first-order valence-electron chi connectivity index (χ1n) is 11.8. The molecule has 0 aliphatic heterocycles. The summed E-state index contributed by atoms with van der Waals surface area (Å²) in [5.74, 6) is 0.304. The van der Waals surface area contributed by atoms with E-state index in [9.17, 15) is 5.11 Å². The largest absolute Gasteiger partial charge is 0.507 e. The number of rotatable bonds is 7. The van der Waals surface area contributed by atoms with Gasteiger partial charge in [-0.15, -0.1) is 5.11 Å². The number of aromatic nitrogens is 3.